The molecule has 1 aliphatic carbocycles. The molecule has 0 unspecified atom stereocenters. The average Bonchev–Trinajstić information content (AvgIpc) is 3.43. The molecule has 0 aromatic heterocycles. The van der Waals surface area contributed by atoms with Crippen molar-refractivity contribution >= 4 is 17.8 Å². The quantitative estimate of drug-likeness (QED) is 0.862. The van der Waals surface area contributed by atoms with Crippen LogP contribution in [0.5, 0.6) is 5.75 Å². The summed E-state index contributed by atoms with van der Waals surface area (Å²) < 4.78 is 5.16. The molecule has 2 aliphatic rings. The molecule has 0 spiro atoms. The summed E-state index contributed by atoms with van der Waals surface area (Å²) in [4.78, 5) is 39.6. The molecule has 3 rings (SSSR count). The number of carboxylic acid groups (broad SMARTS) is 1. The van der Waals surface area contributed by atoms with Gasteiger partial charge in [0.05, 0.1) is 5.54 Å². The monoisotopic (exact) mass is 360 g/mol. The molecule has 1 aliphatic heterocycles. The third-order valence-electron chi connectivity index (χ3n) is 4.83. The Hall–Kier alpha value is -2.57. The van der Waals surface area contributed by atoms with Gasteiger partial charge in [0.1, 0.15) is 5.75 Å². The number of hydrogen-bond donors (Lipinski definition) is 1. The van der Waals surface area contributed by atoms with E-state index in [1.165, 1.54) is 0 Å². The molecule has 1 aromatic rings. The van der Waals surface area contributed by atoms with Gasteiger partial charge in [-0.2, -0.15) is 0 Å². The normalized spacial score (nSPS) is 19.2. The first kappa shape index (κ1) is 18.2. The van der Waals surface area contributed by atoms with Crippen LogP contribution in [-0.2, 0) is 9.59 Å². The molecule has 1 aromatic carbocycles. The van der Waals surface area contributed by atoms with Crippen LogP contribution in [0.25, 0.3) is 0 Å². The molecule has 0 radical (unpaired) electrons. The van der Waals surface area contributed by atoms with Gasteiger partial charge in [-0.15, -0.1) is 0 Å². The zero-order valence-corrected chi connectivity index (χ0v) is 15.1. The summed E-state index contributed by atoms with van der Waals surface area (Å²) in [6.07, 6.45) is 1.95. The lowest BCUT2D eigenvalue weighted by molar-refractivity contribution is -0.139. The molecular formula is C19H24N2O5. The van der Waals surface area contributed by atoms with Crippen LogP contribution in [0.3, 0.4) is 0 Å². The van der Waals surface area contributed by atoms with E-state index in [0.717, 1.165) is 12.8 Å². The predicted octanol–water partition coefficient (Wildman–Crippen LogP) is 1.62. The van der Waals surface area contributed by atoms with E-state index in [2.05, 4.69) is 0 Å². The van der Waals surface area contributed by atoms with Crippen LogP contribution in [0.2, 0.25) is 0 Å². The Balaban J connectivity index is 1.70. The third kappa shape index (κ3) is 3.98. The van der Waals surface area contributed by atoms with Crippen molar-refractivity contribution in [3.8, 4) is 5.75 Å². The van der Waals surface area contributed by atoms with E-state index < -0.39 is 18.1 Å². The summed E-state index contributed by atoms with van der Waals surface area (Å²) in [6, 6.07) is 6.54. The van der Waals surface area contributed by atoms with E-state index in [-0.39, 0.29) is 17.7 Å². The smallest absolute Gasteiger partial charge is 0.341 e. The lowest BCUT2D eigenvalue weighted by Gasteiger charge is -2.47. The lowest BCUT2D eigenvalue weighted by atomic mass is 9.97. The van der Waals surface area contributed by atoms with Crippen molar-refractivity contribution in [1.29, 1.82) is 0 Å². The van der Waals surface area contributed by atoms with Gasteiger partial charge in [0.2, 0.25) is 5.91 Å². The summed E-state index contributed by atoms with van der Waals surface area (Å²) in [7, 11) is 0. The second-order valence-corrected chi connectivity index (χ2v) is 7.51. The number of ether oxygens (including phenoxy) is 1. The number of aliphatic carboxylic acids is 1. The fraction of sp³-hybridized carbons (Fsp3) is 0.526. The van der Waals surface area contributed by atoms with Gasteiger partial charge in [0, 0.05) is 31.1 Å². The Morgan fingerprint density at radius 3 is 2.58 bits per heavy atom. The first-order chi connectivity index (χ1) is 12.3. The van der Waals surface area contributed by atoms with Crippen LogP contribution in [-0.4, -0.2) is 64.5 Å². The zero-order valence-electron chi connectivity index (χ0n) is 15.1. The van der Waals surface area contributed by atoms with Gasteiger partial charge in [-0.25, -0.2) is 4.79 Å². The molecule has 140 valence electrons. The molecular weight excluding hydrogens is 336 g/mol. The highest BCUT2D eigenvalue weighted by atomic mass is 16.5. The summed E-state index contributed by atoms with van der Waals surface area (Å²) >= 11 is 0. The highest BCUT2D eigenvalue weighted by Crippen LogP contribution is 2.33. The van der Waals surface area contributed by atoms with Crippen LogP contribution in [0, 0.1) is 5.92 Å². The van der Waals surface area contributed by atoms with E-state index in [4.69, 9.17) is 9.84 Å². The number of carboxylic acids is 1. The molecule has 1 saturated heterocycles. The Bertz CT molecular complexity index is 726. The molecule has 1 saturated carbocycles. The highest BCUT2D eigenvalue weighted by Gasteiger charge is 2.42. The van der Waals surface area contributed by atoms with Gasteiger partial charge < -0.3 is 19.6 Å². The van der Waals surface area contributed by atoms with Crippen LogP contribution >= 0.6 is 0 Å². The number of nitrogens with zero attached hydrogens (tertiary/aromatic N) is 2. The topological polar surface area (TPSA) is 87.2 Å². The molecule has 2 fully saturated rings. The first-order valence-corrected chi connectivity index (χ1v) is 8.83. The standard InChI is InChI=1S/C19H24N2O5/c1-19(2)12-20(17(24)13-6-7-13)8-9-21(19)18(25)14-4-3-5-15(10-14)26-11-16(22)23/h3-5,10,13H,6-9,11-12H2,1-2H3,(H,22,23). The van der Waals surface area contributed by atoms with E-state index in [1.807, 2.05) is 18.7 Å². The number of piperazine rings is 1. The van der Waals surface area contributed by atoms with Crippen molar-refractivity contribution in [2.24, 2.45) is 5.92 Å². The predicted molar refractivity (Wildman–Crippen MR) is 94.0 cm³/mol. The van der Waals surface area contributed by atoms with Gasteiger partial charge in [0.15, 0.2) is 6.61 Å². The Labute approximate surface area is 152 Å². The SMILES string of the molecule is CC1(C)CN(C(=O)C2CC2)CCN1C(=O)c1cccc(OCC(=O)O)c1. The minimum Gasteiger partial charge on any atom is -0.482 e. The molecule has 7 heteroatoms. The second-order valence-electron chi connectivity index (χ2n) is 7.51. The number of carbonyl (C=O) groups is 3. The van der Waals surface area contributed by atoms with Crippen molar-refractivity contribution in [2.45, 2.75) is 32.2 Å². The molecule has 1 N–H and O–H groups in total. The third-order valence-corrected chi connectivity index (χ3v) is 4.83. The summed E-state index contributed by atoms with van der Waals surface area (Å²) in [5.74, 6) is -0.488. The molecule has 0 bridgehead atoms. The van der Waals surface area contributed by atoms with Crippen molar-refractivity contribution < 1.29 is 24.2 Å². The molecule has 2 amide bonds. The zero-order chi connectivity index (χ0) is 18.9. The second kappa shape index (κ2) is 6.97. The van der Waals surface area contributed by atoms with Gasteiger partial charge in [0.25, 0.3) is 5.91 Å². The molecule has 7 nitrogen and oxygen atoms in total. The number of hydrogen-bond acceptors (Lipinski definition) is 4. The average molecular weight is 360 g/mol. The van der Waals surface area contributed by atoms with Crippen molar-refractivity contribution in [3.05, 3.63) is 29.8 Å². The van der Waals surface area contributed by atoms with Gasteiger partial charge in [-0.05, 0) is 44.9 Å². The number of benzene rings is 1. The van der Waals surface area contributed by atoms with Gasteiger partial charge in [-0.1, -0.05) is 6.07 Å². The van der Waals surface area contributed by atoms with Crippen LogP contribution in [0.15, 0.2) is 24.3 Å². The molecule has 26 heavy (non-hydrogen) atoms. The van der Waals surface area contributed by atoms with Crippen LogP contribution < -0.4 is 4.74 Å². The fourth-order valence-corrected chi connectivity index (χ4v) is 3.33. The number of carbonyl (C=O) groups excluding carboxylic acids is 2. The van der Waals surface area contributed by atoms with Crippen molar-refractivity contribution in [3.63, 3.8) is 0 Å². The van der Waals surface area contributed by atoms with E-state index >= 15 is 0 Å². The maximum absolute atomic E-state index is 13.0. The van der Waals surface area contributed by atoms with Gasteiger partial charge in [-0.3, -0.25) is 9.59 Å². The maximum Gasteiger partial charge on any atom is 0.341 e. The van der Waals surface area contributed by atoms with Crippen molar-refractivity contribution in [2.75, 3.05) is 26.2 Å². The van der Waals surface area contributed by atoms with Gasteiger partial charge >= 0.3 is 5.97 Å². The maximum atomic E-state index is 13.0. The minimum absolute atomic E-state index is 0.144. The van der Waals surface area contributed by atoms with E-state index in [1.54, 1.807) is 29.2 Å². The lowest BCUT2D eigenvalue weighted by Crippen LogP contribution is -2.62. The Kier molecular flexibility index (Phi) is 4.89. The van der Waals surface area contributed by atoms with E-state index in [9.17, 15) is 14.4 Å². The summed E-state index contributed by atoms with van der Waals surface area (Å²) in [5.41, 5.74) is -0.0272. The summed E-state index contributed by atoms with van der Waals surface area (Å²) in [6.45, 7) is 5.00. The molecule has 1 heterocycles. The van der Waals surface area contributed by atoms with Crippen LogP contribution in [0.1, 0.15) is 37.0 Å². The number of rotatable bonds is 5. The largest absolute Gasteiger partial charge is 0.482 e. The minimum atomic E-state index is -1.07. The first-order valence-electron chi connectivity index (χ1n) is 8.83. The Morgan fingerprint density at radius 2 is 1.96 bits per heavy atom. The van der Waals surface area contributed by atoms with Crippen molar-refractivity contribution in [1.82, 2.24) is 9.80 Å². The van der Waals surface area contributed by atoms with E-state index in [0.29, 0.717) is 30.9 Å². The highest BCUT2D eigenvalue weighted by molar-refractivity contribution is 5.95. The van der Waals surface area contributed by atoms with Crippen LogP contribution in [0.4, 0.5) is 0 Å². The molecule has 0 atom stereocenters. The fourth-order valence-electron chi connectivity index (χ4n) is 3.33. The Morgan fingerprint density at radius 1 is 1.23 bits per heavy atom. The summed E-state index contributed by atoms with van der Waals surface area (Å²) in [5, 5.41) is 8.71. The number of amides is 2.